The number of halogens is 2. The predicted octanol–water partition coefficient (Wildman–Crippen LogP) is 5.02. The topological polar surface area (TPSA) is 29.5 Å². The molecule has 1 atom stereocenters. The molecule has 0 amide bonds. The largest absolute Gasteiger partial charge is 0.489 e. The molecule has 2 aromatic carbocycles. The molecule has 0 saturated heterocycles. The van der Waals surface area contributed by atoms with Crippen molar-refractivity contribution >= 4 is 23.2 Å². The van der Waals surface area contributed by atoms with Crippen LogP contribution in [0.4, 0.5) is 0 Å². The monoisotopic (exact) mass is 310 g/mol. The summed E-state index contributed by atoms with van der Waals surface area (Å²) >= 11 is 11.8. The van der Waals surface area contributed by atoms with Crippen LogP contribution in [-0.4, -0.2) is 5.11 Å². The van der Waals surface area contributed by atoms with Crippen LogP contribution >= 0.6 is 23.2 Å². The number of ether oxygens (including phenoxy) is 1. The molecule has 2 aromatic rings. The second kappa shape index (κ2) is 6.98. The lowest BCUT2D eigenvalue weighted by Gasteiger charge is -2.10. The van der Waals surface area contributed by atoms with E-state index in [1.165, 1.54) is 0 Å². The first-order chi connectivity index (χ1) is 9.60. The molecule has 1 unspecified atom stereocenters. The first kappa shape index (κ1) is 15.2. The predicted molar refractivity (Wildman–Crippen MR) is 82.5 cm³/mol. The van der Waals surface area contributed by atoms with E-state index in [0.29, 0.717) is 23.1 Å². The maximum absolute atomic E-state index is 9.72. The molecule has 20 heavy (non-hydrogen) atoms. The van der Waals surface area contributed by atoms with Gasteiger partial charge < -0.3 is 9.84 Å². The van der Waals surface area contributed by atoms with Crippen LogP contribution in [0.5, 0.6) is 5.75 Å². The second-order valence-corrected chi connectivity index (χ2v) is 5.34. The minimum Gasteiger partial charge on any atom is -0.489 e. The highest BCUT2D eigenvalue weighted by Gasteiger charge is 2.05. The van der Waals surface area contributed by atoms with Crippen molar-refractivity contribution in [2.75, 3.05) is 0 Å². The van der Waals surface area contributed by atoms with E-state index in [4.69, 9.17) is 27.9 Å². The number of hydrogen-bond donors (Lipinski definition) is 1. The highest BCUT2D eigenvalue weighted by atomic mass is 35.5. The van der Waals surface area contributed by atoms with Crippen LogP contribution in [0.2, 0.25) is 10.0 Å². The standard InChI is InChI=1S/C16H16Cl2O2/c1-2-16(19)12-4-6-13(7-5-12)20-10-11-3-8-14(17)15(18)9-11/h3-9,16,19H,2,10H2,1H3. The van der Waals surface area contributed by atoms with Gasteiger partial charge in [-0.05, 0) is 41.8 Å². The Morgan fingerprint density at radius 1 is 1.05 bits per heavy atom. The minimum absolute atomic E-state index is 0.417. The van der Waals surface area contributed by atoms with Gasteiger partial charge in [0.25, 0.3) is 0 Å². The van der Waals surface area contributed by atoms with E-state index < -0.39 is 6.10 Å². The highest BCUT2D eigenvalue weighted by Crippen LogP contribution is 2.24. The van der Waals surface area contributed by atoms with Gasteiger partial charge in [0.05, 0.1) is 16.1 Å². The van der Waals surface area contributed by atoms with Crippen LogP contribution in [0.25, 0.3) is 0 Å². The van der Waals surface area contributed by atoms with Crippen LogP contribution in [0.3, 0.4) is 0 Å². The van der Waals surface area contributed by atoms with E-state index in [2.05, 4.69) is 0 Å². The van der Waals surface area contributed by atoms with Crippen molar-refractivity contribution in [2.45, 2.75) is 26.1 Å². The van der Waals surface area contributed by atoms with Gasteiger partial charge in [-0.2, -0.15) is 0 Å². The van der Waals surface area contributed by atoms with Crippen molar-refractivity contribution in [1.29, 1.82) is 0 Å². The molecule has 1 N–H and O–H groups in total. The average molecular weight is 311 g/mol. The van der Waals surface area contributed by atoms with Gasteiger partial charge in [0, 0.05) is 0 Å². The van der Waals surface area contributed by atoms with Gasteiger partial charge in [-0.1, -0.05) is 48.3 Å². The summed E-state index contributed by atoms with van der Waals surface area (Å²) in [6.07, 6.45) is 0.280. The van der Waals surface area contributed by atoms with Gasteiger partial charge in [0.2, 0.25) is 0 Å². The average Bonchev–Trinajstić information content (AvgIpc) is 2.48. The molecule has 0 bridgehead atoms. The Morgan fingerprint density at radius 3 is 2.35 bits per heavy atom. The molecule has 4 heteroatoms. The summed E-state index contributed by atoms with van der Waals surface area (Å²) in [5.41, 5.74) is 1.85. The van der Waals surface area contributed by atoms with Crippen molar-refractivity contribution in [1.82, 2.24) is 0 Å². The molecule has 0 aromatic heterocycles. The molecule has 0 radical (unpaired) electrons. The van der Waals surface area contributed by atoms with Gasteiger partial charge in [0.15, 0.2) is 0 Å². The fourth-order valence-corrected chi connectivity index (χ4v) is 2.14. The van der Waals surface area contributed by atoms with E-state index in [9.17, 15) is 5.11 Å². The van der Waals surface area contributed by atoms with Gasteiger partial charge in [-0.25, -0.2) is 0 Å². The fraction of sp³-hybridized carbons (Fsp3) is 0.250. The van der Waals surface area contributed by atoms with Crippen molar-refractivity contribution in [3.05, 3.63) is 63.6 Å². The zero-order chi connectivity index (χ0) is 14.5. The maximum Gasteiger partial charge on any atom is 0.119 e. The van der Waals surface area contributed by atoms with Crippen LogP contribution < -0.4 is 4.74 Å². The van der Waals surface area contributed by atoms with Gasteiger partial charge in [0.1, 0.15) is 12.4 Å². The third-order valence-electron chi connectivity index (χ3n) is 3.04. The lowest BCUT2D eigenvalue weighted by Crippen LogP contribution is -1.97. The zero-order valence-corrected chi connectivity index (χ0v) is 12.7. The van der Waals surface area contributed by atoms with Crippen molar-refractivity contribution in [3.8, 4) is 5.75 Å². The van der Waals surface area contributed by atoms with Crippen molar-refractivity contribution in [2.24, 2.45) is 0 Å². The van der Waals surface area contributed by atoms with Gasteiger partial charge >= 0.3 is 0 Å². The Kier molecular flexibility index (Phi) is 5.30. The highest BCUT2D eigenvalue weighted by molar-refractivity contribution is 6.42. The Bertz CT molecular complexity index is 567. The number of hydrogen-bond acceptors (Lipinski definition) is 2. The molecule has 0 spiro atoms. The van der Waals surface area contributed by atoms with Crippen LogP contribution in [0, 0.1) is 0 Å². The number of benzene rings is 2. The minimum atomic E-state index is -0.417. The summed E-state index contributed by atoms with van der Waals surface area (Å²) in [7, 11) is 0. The first-order valence-corrected chi connectivity index (χ1v) is 7.20. The molecular weight excluding hydrogens is 295 g/mol. The summed E-state index contributed by atoms with van der Waals surface area (Å²) < 4.78 is 5.67. The molecule has 0 aliphatic rings. The Hall–Kier alpha value is -1.22. The summed E-state index contributed by atoms with van der Waals surface area (Å²) in [6.45, 7) is 2.37. The fourth-order valence-electron chi connectivity index (χ4n) is 1.82. The molecule has 2 nitrogen and oxygen atoms in total. The first-order valence-electron chi connectivity index (χ1n) is 6.45. The van der Waals surface area contributed by atoms with E-state index in [0.717, 1.165) is 16.9 Å². The summed E-state index contributed by atoms with van der Waals surface area (Å²) in [6, 6.07) is 12.9. The molecule has 0 heterocycles. The summed E-state index contributed by atoms with van der Waals surface area (Å²) in [4.78, 5) is 0. The smallest absolute Gasteiger partial charge is 0.119 e. The van der Waals surface area contributed by atoms with Gasteiger partial charge in [-0.15, -0.1) is 0 Å². The van der Waals surface area contributed by atoms with E-state index in [1.807, 2.05) is 37.3 Å². The zero-order valence-electron chi connectivity index (χ0n) is 11.1. The second-order valence-electron chi connectivity index (χ2n) is 4.53. The number of rotatable bonds is 5. The molecule has 106 valence electrons. The molecule has 0 aliphatic heterocycles. The lowest BCUT2D eigenvalue weighted by molar-refractivity contribution is 0.173. The number of aliphatic hydroxyl groups excluding tert-OH is 1. The Morgan fingerprint density at radius 2 is 1.75 bits per heavy atom. The van der Waals surface area contributed by atoms with Crippen LogP contribution in [0.1, 0.15) is 30.6 Å². The van der Waals surface area contributed by atoms with Gasteiger partial charge in [-0.3, -0.25) is 0 Å². The Balaban J connectivity index is 1.98. The summed E-state index contributed by atoms with van der Waals surface area (Å²) in [5, 5.41) is 10.8. The van der Waals surface area contributed by atoms with Crippen molar-refractivity contribution < 1.29 is 9.84 Å². The van der Waals surface area contributed by atoms with E-state index in [-0.39, 0.29) is 0 Å². The molecular formula is C16H16Cl2O2. The summed E-state index contributed by atoms with van der Waals surface area (Å²) in [5.74, 6) is 0.753. The van der Waals surface area contributed by atoms with E-state index >= 15 is 0 Å². The molecule has 0 aliphatic carbocycles. The lowest BCUT2D eigenvalue weighted by atomic mass is 10.1. The molecule has 2 rings (SSSR count). The molecule has 0 saturated carbocycles. The third-order valence-corrected chi connectivity index (χ3v) is 3.78. The normalized spacial score (nSPS) is 12.2. The van der Waals surface area contributed by atoms with E-state index in [1.54, 1.807) is 12.1 Å². The Labute approximate surface area is 128 Å². The molecule has 0 fully saturated rings. The van der Waals surface area contributed by atoms with Crippen LogP contribution in [0.15, 0.2) is 42.5 Å². The van der Waals surface area contributed by atoms with Crippen molar-refractivity contribution in [3.63, 3.8) is 0 Å². The maximum atomic E-state index is 9.72. The SMILES string of the molecule is CCC(O)c1ccc(OCc2ccc(Cl)c(Cl)c2)cc1. The van der Waals surface area contributed by atoms with Crippen LogP contribution in [-0.2, 0) is 6.61 Å². The quantitative estimate of drug-likeness (QED) is 0.840. The third kappa shape index (κ3) is 3.89. The number of aliphatic hydroxyl groups is 1.